The summed E-state index contributed by atoms with van der Waals surface area (Å²) in [5.41, 5.74) is -0.180. The number of carbonyl (C=O) groups is 4. The molecule has 12 heteroatoms. The van der Waals surface area contributed by atoms with Gasteiger partial charge in [0, 0.05) is 23.6 Å². The van der Waals surface area contributed by atoms with Crippen molar-refractivity contribution in [1.29, 1.82) is 0 Å². The third-order valence-electron chi connectivity index (χ3n) is 10.0. The van der Waals surface area contributed by atoms with E-state index in [1.165, 1.54) is 42.5 Å². The Morgan fingerprint density at radius 3 is 2.29 bits per heavy atom. The summed E-state index contributed by atoms with van der Waals surface area (Å²) < 4.78 is 14.0. The van der Waals surface area contributed by atoms with Crippen LogP contribution in [0.1, 0.15) is 31.2 Å². The number of phenolic OH excluding ortho intramolecular Hbond substituents is 1. The maximum absolute atomic E-state index is 14.4. The van der Waals surface area contributed by atoms with Gasteiger partial charge in [-0.2, -0.15) is 0 Å². The predicted molar refractivity (Wildman–Crippen MR) is 160 cm³/mol. The van der Waals surface area contributed by atoms with Crippen LogP contribution in [0.4, 0.5) is 21.5 Å². The summed E-state index contributed by atoms with van der Waals surface area (Å²) in [5, 5.41) is 22.0. The Bertz CT molecular complexity index is 1880. The summed E-state index contributed by atoms with van der Waals surface area (Å²) in [4.78, 5) is 69.0. The van der Waals surface area contributed by atoms with E-state index < -0.39 is 69.4 Å². The number of nitrogens with zero attached hydrogens (tertiary/aromatic N) is 3. The number of amides is 4. The molecule has 2 heterocycles. The number of fused-ring (bicyclic) bond motifs is 4. The van der Waals surface area contributed by atoms with Crippen molar-refractivity contribution in [3.8, 4) is 5.75 Å². The zero-order valence-corrected chi connectivity index (χ0v) is 24.5. The monoisotopic (exact) mass is 629 g/mol. The van der Waals surface area contributed by atoms with Crippen LogP contribution in [0.2, 0.25) is 5.02 Å². The molecule has 228 valence electrons. The Morgan fingerprint density at radius 2 is 1.62 bits per heavy atom. The molecule has 45 heavy (non-hydrogen) atoms. The molecule has 0 radical (unpaired) electrons. The quantitative estimate of drug-likeness (QED) is 0.173. The van der Waals surface area contributed by atoms with E-state index in [0.29, 0.717) is 11.1 Å². The second-order valence-electron chi connectivity index (χ2n) is 12.1. The average molecular weight is 630 g/mol. The Balaban J connectivity index is 1.34. The highest BCUT2D eigenvalue weighted by molar-refractivity contribution is 6.32. The van der Waals surface area contributed by atoms with Gasteiger partial charge in [-0.3, -0.25) is 34.2 Å². The van der Waals surface area contributed by atoms with Crippen molar-refractivity contribution < 1.29 is 33.6 Å². The minimum atomic E-state index is -1.39. The van der Waals surface area contributed by atoms with Crippen LogP contribution in [-0.2, 0) is 19.2 Å². The van der Waals surface area contributed by atoms with E-state index in [1.807, 2.05) is 6.08 Å². The second kappa shape index (κ2) is 10.1. The van der Waals surface area contributed by atoms with Crippen molar-refractivity contribution in [2.75, 3.05) is 9.80 Å². The van der Waals surface area contributed by atoms with Gasteiger partial charge >= 0.3 is 0 Å². The number of non-ortho nitro benzene ring substituents is 1. The first-order valence-electron chi connectivity index (χ1n) is 14.4. The first-order chi connectivity index (χ1) is 21.4. The molecule has 3 aromatic carbocycles. The number of hydrogen-bond donors (Lipinski definition) is 1. The molecule has 3 aromatic rings. The van der Waals surface area contributed by atoms with E-state index >= 15 is 0 Å². The van der Waals surface area contributed by atoms with Crippen LogP contribution in [0.25, 0.3) is 0 Å². The van der Waals surface area contributed by atoms with Gasteiger partial charge in [-0.05, 0) is 62.1 Å². The zero-order chi connectivity index (χ0) is 31.9. The number of halogens is 2. The molecule has 4 amide bonds. The number of benzene rings is 3. The van der Waals surface area contributed by atoms with Crippen LogP contribution in [-0.4, -0.2) is 33.7 Å². The summed E-state index contributed by atoms with van der Waals surface area (Å²) >= 11 is 6.03. The van der Waals surface area contributed by atoms with Crippen LogP contribution in [0.3, 0.4) is 0 Å². The number of anilines is 2. The molecule has 1 N–H and O–H groups in total. The molecular weight excluding hydrogens is 605 g/mol. The Kier molecular flexibility index (Phi) is 6.45. The van der Waals surface area contributed by atoms with Crippen molar-refractivity contribution >= 4 is 52.3 Å². The number of phenols is 1. The van der Waals surface area contributed by atoms with Crippen LogP contribution >= 0.6 is 11.6 Å². The van der Waals surface area contributed by atoms with E-state index in [0.717, 1.165) is 15.9 Å². The fourth-order valence-electron chi connectivity index (χ4n) is 7.94. The van der Waals surface area contributed by atoms with Crippen molar-refractivity contribution in [3.63, 3.8) is 0 Å². The molecular formula is C33H25ClFN3O7. The Morgan fingerprint density at radius 1 is 0.933 bits per heavy atom. The fraction of sp³-hybridized carbons (Fsp3) is 0.273. The summed E-state index contributed by atoms with van der Waals surface area (Å²) in [6.45, 7) is 1.67. The van der Waals surface area contributed by atoms with Crippen molar-refractivity contribution in [1.82, 2.24) is 0 Å². The summed E-state index contributed by atoms with van der Waals surface area (Å²) in [6.07, 6.45) is 2.12. The highest BCUT2D eigenvalue weighted by Crippen LogP contribution is 2.64. The molecule has 7 rings (SSSR count). The van der Waals surface area contributed by atoms with Crippen LogP contribution in [0.15, 0.2) is 78.4 Å². The molecule has 4 aliphatic rings. The number of imide groups is 2. The van der Waals surface area contributed by atoms with Gasteiger partial charge in [0.2, 0.25) is 23.6 Å². The number of rotatable bonds is 4. The number of aromatic hydroxyl groups is 1. The SMILES string of the molecule is C[C@@]12C(=O)N(c3ccc(F)c(Cl)c3)C(=O)[C@@H]1C[C@@H]1C(=CC[C@@H]3C(=O)N(c4ccc([N+](=O)[O-])cc4)C(=O)[C@@H]31)[C@@H]2c1ccccc1O. The van der Waals surface area contributed by atoms with Gasteiger partial charge in [0.25, 0.3) is 5.69 Å². The lowest BCUT2D eigenvalue weighted by atomic mass is 9.51. The highest BCUT2D eigenvalue weighted by Gasteiger charge is 2.68. The smallest absolute Gasteiger partial charge is 0.269 e. The van der Waals surface area contributed by atoms with Gasteiger partial charge in [0.05, 0.1) is 44.5 Å². The lowest BCUT2D eigenvalue weighted by molar-refractivity contribution is -0.384. The van der Waals surface area contributed by atoms with E-state index in [4.69, 9.17) is 11.6 Å². The molecule has 2 aliphatic heterocycles. The first-order valence-corrected chi connectivity index (χ1v) is 14.8. The maximum atomic E-state index is 14.4. The van der Waals surface area contributed by atoms with Crippen LogP contribution < -0.4 is 9.80 Å². The molecule has 0 spiro atoms. The molecule has 10 nitrogen and oxygen atoms in total. The Hall–Kier alpha value is -4.90. The molecule has 2 saturated heterocycles. The van der Waals surface area contributed by atoms with Gasteiger partial charge in [-0.25, -0.2) is 9.29 Å². The average Bonchev–Trinajstić information content (AvgIpc) is 3.38. The van der Waals surface area contributed by atoms with E-state index in [-0.39, 0.29) is 40.7 Å². The molecule has 6 atom stereocenters. The highest BCUT2D eigenvalue weighted by atomic mass is 35.5. The summed E-state index contributed by atoms with van der Waals surface area (Å²) in [5.74, 6) is -6.82. The first kappa shape index (κ1) is 28.8. The van der Waals surface area contributed by atoms with Gasteiger partial charge < -0.3 is 5.11 Å². The standard InChI is InChI=1S/C33H25ClFN3O7/c1-33-23(30(41)37(32(33)43)18-10-13-25(35)24(34)14-18)15-22-19(28(33)20-4-2-3-5-26(20)39)11-12-21-27(22)31(42)36(29(21)40)16-6-8-17(9-7-16)38(44)45/h2-11,13-14,21-23,27-28,39H,12,15H2,1H3/t21-,22+,23-,27-,28+,33+/m0/s1. The summed E-state index contributed by atoms with van der Waals surface area (Å²) in [6, 6.07) is 15.3. The molecule has 0 unspecified atom stereocenters. The molecule has 2 aliphatic carbocycles. The molecule has 3 fully saturated rings. The lowest BCUT2D eigenvalue weighted by Crippen LogP contribution is -2.48. The van der Waals surface area contributed by atoms with Gasteiger partial charge in [-0.1, -0.05) is 41.4 Å². The Labute approximate surface area is 260 Å². The van der Waals surface area contributed by atoms with Gasteiger partial charge in [0.1, 0.15) is 11.6 Å². The van der Waals surface area contributed by atoms with Crippen molar-refractivity contribution in [2.45, 2.75) is 25.7 Å². The number of hydrogen-bond acceptors (Lipinski definition) is 7. The van der Waals surface area contributed by atoms with E-state index in [2.05, 4.69) is 0 Å². The molecule has 1 saturated carbocycles. The van der Waals surface area contributed by atoms with E-state index in [1.54, 1.807) is 25.1 Å². The third kappa shape index (κ3) is 3.99. The predicted octanol–water partition coefficient (Wildman–Crippen LogP) is 5.53. The topological polar surface area (TPSA) is 138 Å². The number of allylic oxidation sites excluding steroid dienone is 2. The largest absolute Gasteiger partial charge is 0.508 e. The van der Waals surface area contributed by atoms with Gasteiger partial charge in [0.15, 0.2) is 0 Å². The van der Waals surface area contributed by atoms with Gasteiger partial charge in [-0.15, -0.1) is 0 Å². The lowest BCUT2D eigenvalue weighted by Gasteiger charge is -2.49. The summed E-state index contributed by atoms with van der Waals surface area (Å²) in [7, 11) is 0. The minimum absolute atomic E-state index is 0.0801. The number of nitro benzene ring substituents is 1. The van der Waals surface area contributed by atoms with Crippen LogP contribution in [0.5, 0.6) is 5.75 Å². The normalized spacial score (nSPS) is 29.0. The number of nitro groups is 1. The number of para-hydroxylation sites is 1. The number of carbonyl (C=O) groups excluding carboxylic acids is 4. The second-order valence-corrected chi connectivity index (χ2v) is 12.5. The molecule has 0 aromatic heterocycles. The van der Waals surface area contributed by atoms with E-state index in [9.17, 15) is 38.8 Å². The molecule has 0 bridgehead atoms. The minimum Gasteiger partial charge on any atom is -0.508 e. The van der Waals surface area contributed by atoms with Crippen molar-refractivity contribution in [3.05, 3.63) is 105 Å². The van der Waals surface area contributed by atoms with Crippen molar-refractivity contribution in [2.24, 2.45) is 29.1 Å². The third-order valence-corrected chi connectivity index (χ3v) is 10.3. The zero-order valence-electron chi connectivity index (χ0n) is 23.7. The maximum Gasteiger partial charge on any atom is 0.269 e. The van der Waals surface area contributed by atoms with Crippen LogP contribution in [0, 0.1) is 45.0 Å². The fourth-order valence-corrected chi connectivity index (χ4v) is 8.11.